The maximum absolute atomic E-state index is 11.0. The average Bonchev–Trinajstić information content (AvgIpc) is 2.40. The maximum atomic E-state index is 11.0. The van der Waals surface area contributed by atoms with Crippen LogP contribution in [0, 0.1) is 24.0 Å². The minimum absolute atomic E-state index is 0.0682. The van der Waals surface area contributed by atoms with Gasteiger partial charge in [-0.3, -0.25) is 10.1 Å². The van der Waals surface area contributed by atoms with Crippen LogP contribution >= 0.6 is 15.9 Å². The van der Waals surface area contributed by atoms with E-state index in [1.807, 2.05) is 19.9 Å². The van der Waals surface area contributed by atoms with Crippen LogP contribution in [0.2, 0.25) is 0 Å². The number of benzene rings is 1. The van der Waals surface area contributed by atoms with E-state index in [1.165, 1.54) is 6.07 Å². The van der Waals surface area contributed by atoms with Crippen LogP contribution in [-0.4, -0.2) is 9.91 Å². The normalized spacial score (nSPS) is 10.3. The number of nitrogens with zero attached hydrogens (tertiary/aromatic N) is 2. The Balaban J connectivity index is 2.39. The number of halogens is 1. The lowest BCUT2D eigenvalue weighted by Gasteiger charge is -2.09. The molecule has 1 aromatic heterocycles. The van der Waals surface area contributed by atoms with Crippen molar-refractivity contribution >= 4 is 21.6 Å². The highest BCUT2D eigenvalue weighted by Gasteiger charge is 2.17. The molecule has 0 fully saturated rings. The van der Waals surface area contributed by atoms with Crippen LogP contribution in [0.1, 0.15) is 16.7 Å². The van der Waals surface area contributed by atoms with Crippen LogP contribution in [0.4, 0.5) is 5.69 Å². The van der Waals surface area contributed by atoms with E-state index >= 15 is 0 Å². The molecule has 0 aliphatic carbocycles. The molecular formula is C14H13BrN2O3. The first-order valence-corrected chi connectivity index (χ1v) is 7.08. The van der Waals surface area contributed by atoms with E-state index < -0.39 is 4.92 Å². The van der Waals surface area contributed by atoms with Gasteiger partial charge in [-0.1, -0.05) is 22.0 Å². The van der Waals surface area contributed by atoms with Gasteiger partial charge in [-0.05, 0) is 37.1 Å². The minimum atomic E-state index is -0.461. The Hall–Kier alpha value is -1.95. The van der Waals surface area contributed by atoms with Crippen molar-refractivity contribution in [3.8, 4) is 11.6 Å². The van der Waals surface area contributed by atoms with Crippen LogP contribution in [0.3, 0.4) is 0 Å². The van der Waals surface area contributed by atoms with E-state index in [2.05, 4.69) is 20.9 Å². The van der Waals surface area contributed by atoms with Crippen molar-refractivity contribution < 1.29 is 9.66 Å². The van der Waals surface area contributed by atoms with Gasteiger partial charge in [-0.2, -0.15) is 0 Å². The summed E-state index contributed by atoms with van der Waals surface area (Å²) in [6.07, 6.45) is 1.68. The highest BCUT2D eigenvalue weighted by atomic mass is 79.9. The van der Waals surface area contributed by atoms with Gasteiger partial charge in [0.2, 0.25) is 11.6 Å². The molecule has 0 radical (unpaired) electrons. The van der Waals surface area contributed by atoms with E-state index in [9.17, 15) is 10.1 Å². The molecule has 0 aliphatic heterocycles. The fourth-order valence-electron chi connectivity index (χ4n) is 1.76. The van der Waals surface area contributed by atoms with E-state index in [0.717, 1.165) is 16.7 Å². The Morgan fingerprint density at radius 3 is 2.70 bits per heavy atom. The molecule has 2 aromatic rings. The highest BCUT2D eigenvalue weighted by molar-refractivity contribution is 9.08. The second-order valence-electron chi connectivity index (χ2n) is 4.43. The Kier molecular flexibility index (Phi) is 4.34. The second-order valence-corrected chi connectivity index (χ2v) is 4.99. The fraction of sp³-hybridized carbons (Fsp3) is 0.214. The molecule has 2 rings (SSSR count). The topological polar surface area (TPSA) is 65.3 Å². The van der Waals surface area contributed by atoms with Crippen LogP contribution < -0.4 is 4.74 Å². The summed E-state index contributed by atoms with van der Waals surface area (Å²) in [6.45, 7) is 3.71. The van der Waals surface area contributed by atoms with Crippen molar-refractivity contribution in [2.45, 2.75) is 19.2 Å². The third kappa shape index (κ3) is 3.14. The molecule has 0 unspecified atom stereocenters. The molecule has 6 heteroatoms. The molecule has 104 valence electrons. The van der Waals surface area contributed by atoms with Gasteiger partial charge in [0.05, 0.1) is 4.92 Å². The van der Waals surface area contributed by atoms with Crippen LogP contribution in [-0.2, 0) is 5.33 Å². The van der Waals surface area contributed by atoms with Gasteiger partial charge in [0.1, 0.15) is 0 Å². The summed E-state index contributed by atoms with van der Waals surface area (Å²) in [6, 6.07) is 6.68. The number of aryl methyl sites for hydroxylation is 2. The van der Waals surface area contributed by atoms with Gasteiger partial charge in [0, 0.05) is 23.2 Å². The predicted octanol–water partition coefficient (Wildman–Crippen LogP) is 4.29. The van der Waals surface area contributed by atoms with E-state index in [0.29, 0.717) is 11.2 Å². The van der Waals surface area contributed by atoms with Crippen molar-refractivity contribution in [3.63, 3.8) is 0 Å². The second kappa shape index (κ2) is 6.00. The fourth-order valence-corrected chi connectivity index (χ4v) is 2.07. The van der Waals surface area contributed by atoms with Gasteiger partial charge in [-0.15, -0.1) is 0 Å². The van der Waals surface area contributed by atoms with Crippen molar-refractivity contribution in [2.75, 3.05) is 0 Å². The monoisotopic (exact) mass is 336 g/mol. The van der Waals surface area contributed by atoms with E-state index in [-0.39, 0.29) is 11.4 Å². The van der Waals surface area contributed by atoms with Gasteiger partial charge >= 0.3 is 5.69 Å². The molecule has 0 spiro atoms. The molecule has 0 saturated heterocycles. The van der Waals surface area contributed by atoms with Gasteiger partial charge in [0.25, 0.3) is 0 Å². The number of hydrogen-bond donors (Lipinski definition) is 0. The molecule has 0 N–H and O–H groups in total. The van der Waals surface area contributed by atoms with Crippen LogP contribution in [0.5, 0.6) is 11.6 Å². The Morgan fingerprint density at radius 2 is 2.10 bits per heavy atom. The first-order chi connectivity index (χ1) is 9.51. The lowest BCUT2D eigenvalue weighted by molar-refractivity contribution is -0.385. The zero-order chi connectivity index (χ0) is 14.7. The first-order valence-electron chi connectivity index (χ1n) is 5.95. The molecule has 0 amide bonds. The Morgan fingerprint density at radius 1 is 1.35 bits per heavy atom. The summed E-state index contributed by atoms with van der Waals surface area (Å²) >= 11 is 3.35. The summed E-state index contributed by atoms with van der Waals surface area (Å²) in [5.74, 6) is 0.584. The van der Waals surface area contributed by atoms with Crippen molar-refractivity contribution in [3.05, 3.63) is 57.3 Å². The van der Waals surface area contributed by atoms with Gasteiger partial charge in [-0.25, -0.2) is 4.98 Å². The van der Waals surface area contributed by atoms with Crippen LogP contribution in [0.25, 0.3) is 0 Å². The zero-order valence-electron chi connectivity index (χ0n) is 11.1. The largest absolute Gasteiger partial charge is 0.432 e. The third-order valence-electron chi connectivity index (χ3n) is 2.76. The Labute approximate surface area is 124 Å². The minimum Gasteiger partial charge on any atom is -0.432 e. The average molecular weight is 337 g/mol. The molecule has 0 bridgehead atoms. The van der Waals surface area contributed by atoms with Crippen molar-refractivity contribution in [1.29, 1.82) is 0 Å². The summed E-state index contributed by atoms with van der Waals surface area (Å²) in [7, 11) is 0. The lowest BCUT2D eigenvalue weighted by atomic mass is 10.2. The molecule has 0 aliphatic rings. The molecule has 20 heavy (non-hydrogen) atoms. The van der Waals surface area contributed by atoms with Crippen molar-refractivity contribution in [2.24, 2.45) is 0 Å². The number of rotatable bonds is 4. The van der Waals surface area contributed by atoms with E-state index in [4.69, 9.17) is 4.74 Å². The Bertz CT molecular complexity index is 659. The number of nitro groups is 1. The number of alkyl halides is 1. The van der Waals surface area contributed by atoms with Gasteiger partial charge in [0.15, 0.2) is 0 Å². The first kappa shape index (κ1) is 14.5. The third-order valence-corrected chi connectivity index (χ3v) is 3.41. The van der Waals surface area contributed by atoms with Crippen LogP contribution in [0.15, 0.2) is 30.5 Å². The van der Waals surface area contributed by atoms with Gasteiger partial charge < -0.3 is 4.74 Å². The SMILES string of the molecule is Cc1ccc([N+](=O)[O-])c(Oc2ncc(CBr)cc2C)c1. The predicted molar refractivity (Wildman–Crippen MR) is 79.5 cm³/mol. The summed E-state index contributed by atoms with van der Waals surface area (Å²) < 4.78 is 5.61. The summed E-state index contributed by atoms with van der Waals surface area (Å²) in [5, 5.41) is 11.7. The number of pyridine rings is 1. The number of ether oxygens (including phenoxy) is 1. The molecule has 1 heterocycles. The molecular weight excluding hydrogens is 324 g/mol. The summed E-state index contributed by atoms with van der Waals surface area (Å²) in [4.78, 5) is 14.7. The number of aromatic nitrogens is 1. The standard InChI is InChI=1S/C14H13BrN2O3/c1-9-3-4-12(17(18)19)13(5-9)20-14-10(2)6-11(7-15)8-16-14/h3-6,8H,7H2,1-2H3. The quantitative estimate of drug-likeness (QED) is 0.474. The highest BCUT2D eigenvalue weighted by Crippen LogP contribution is 2.32. The zero-order valence-corrected chi connectivity index (χ0v) is 12.7. The number of hydrogen-bond acceptors (Lipinski definition) is 4. The smallest absolute Gasteiger partial charge is 0.311 e. The molecule has 0 atom stereocenters. The molecule has 1 aromatic carbocycles. The maximum Gasteiger partial charge on any atom is 0.311 e. The molecule has 5 nitrogen and oxygen atoms in total. The van der Waals surface area contributed by atoms with Crippen molar-refractivity contribution in [1.82, 2.24) is 4.98 Å². The lowest BCUT2D eigenvalue weighted by Crippen LogP contribution is -1.97. The summed E-state index contributed by atoms with van der Waals surface area (Å²) in [5.41, 5.74) is 2.67. The number of nitro benzene ring substituents is 1. The van der Waals surface area contributed by atoms with E-state index in [1.54, 1.807) is 18.3 Å². The molecule has 0 saturated carbocycles.